The minimum Gasteiger partial charge on any atom is -0.508 e. The van der Waals surface area contributed by atoms with Gasteiger partial charge in [0, 0.05) is 19.1 Å². The first kappa shape index (κ1) is 13.1. The molecule has 1 aromatic carbocycles. The Hall–Kier alpha value is -1.30. The molecule has 1 aliphatic heterocycles. The van der Waals surface area contributed by atoms with Crippen LogP contribution in [0.5, 0.6) is 5.75 Å². The predicted molar refractivity (Wildman–Crippen MR) is 68.1 cm³/mol. The van der Waals surface area contributed by atoms with E-state index in [-0.39, 0.29) is 23.3 Å². The van der Waals surface area contributed by atoms with Gasteiger partial charge in [-0.05, 0) is 18.2 Å². The molecule has 0 saturated carbocycles. The Morgan fingerprint density at radius 3 is 3.17 bits per heavy atom. The molecule has 1 aliphatic rings. The lowest BCUT2D eigenvalue weighted by Crippen LogP contribution is -2.48. The molecule has 0 spiro atoms. The van der Waals surface area contributed by atoms with Crippen molar-refractivity contribution in [1.29, 1.82) is 0 Å². The van der Waals surface area contributed by atoms with Crippen LogP contribution in [0.3, 0.4) is 0 Å². The van der Waals surface area contributed by atoms with Crippen molar-refractivity contribution in [2.75, 3.05) is 26.3 Å². The number of nitrogens with one attached hydrogen (secondary N) is 2. The van der Waals surface area contributed by atoms with E-state index in [9.17, 15) is 9.90 Å². The number of morpholine rings is 1. The van der Waals surface area contributed by atoms with E-state index in [0.29, 0.717) is 24.8 Å². The fraction of sp³-hybridized carbons (Fsp3) is 0.417. The molecule has 5 nitrogen and oxygen atoms in total. The Kier molecular flexibility index (Phi) is 4.41. The molecule has 1 amide bonds. The van der Waals surface area contributed by atoms with Crippen LogP contribution in [0.4, 0.5) is 0 Å². The van der Waals surface area contributed by atoms with E-state index < -0.39 is 0 Å². The minimum atomic E-state index is -0.303. The normalized spacial score (nSPS) is 19.5. The van der Waals surface area contributed by atoms with Gasteiger partial charge in [-0.1, -0.05) is 11.6 Å². The second-order valence-corrected chi connectivity index (χ2v) is 4.51. The zero-order valence-electron chi connectivity index (χ0n) is 9.78. The van der Waals surface area contributed by atoms with Crippen LogP contribution in [-0.2, 0) is 4.74 Å². The zero-order chi connectivity index (χ0) is 13.0. The number of amides is 1. The highest BCUT2D eigenvalue weighted by molar-refractivity contribution is 6.33. The first-order valence-corrected chi connectivity index (χ1v) is 6.12. The number of phenols is 1. The molecule has 0 bridgehead atoms. The summed E-state index contributed by atoms with van der Waals surface area (Å²) in [7, 11) is 0. The maximum atomic E-state index is 11.9. The molecule has 1 heterocycles. The van der Waals surface area contributed by atoms with Crippen molar-refractivity contribution in [3.8, 4) is 5.75 Å². The lowest BCUT2D eigenvalue weighted by atomic mass is 10.2. The molecule has 0 radical (unpaired) electrons. The van der Waals surface area contributed by atoms with Crippen molar-refractivity contribution in [2.45, 2.75) is 6.04 Å². The third-order valence-electron chi connectivity index (χ3n) is 2.70. The Labute approximate surface area is 110 Å². The highest BCUT2D eigenvalue weighted by Crippen LogP contribution is 2.20. The smallest absolute Gasteiger partial charge is 0.252 e. The topological polar surface area (TPSA) is 70.6 Å². The lowest BCUT2D eigenvalue weighted by Gasteiger charge is -2.24. The average molecular weight is 271 g/mol. The van der Waals surface area contributed by atoms with Gasteiger partial charge < -0.3 is 20.5 Å². The number of carbonyl (C=O) groups excluding carboxylic acids is 1. The highest BCUT2D eigenvalue weighted by Gasteiger charge is 2.16. The quantitative estimate of drug-likeness (QED) is 0.759. The first-order chi connectivity index (χ1) is 8.66. The first-order valence-electron chi connectivity index (χ1n) is 5.74. The second kappa shape index (κ2) is 6.04. The van der Waals surface area contributed by atoms with Crippen LogP contribution in [0.15, 0.2) is 18.2 Å². The molecular weight excluding hydrogens is 256 g/mol. The molecule has 1 aromatic rings. The molecule has 6 heteroatoms. The number of hydrogen-bond donors (Lipinski definition) is 3. The standard InChI is InChI=1S/C12H15ClN2O3/c13-11-2-1-9(16)5-10(11)12(17)15-6-8-7-18-4-3-14-8/h1-2,5,8,14,16H,3-4,6-7H2,(H,15,17). The summed E-state index contributed by atoms with van der Waals surface area (Å²) in [5.41, 5.74) is 0.272. The second-order valence-electron chi connectivity index (χ2n) is 4.10. The van der Waals surface area contributed by atoms with Crippen molar-refractivity contribution in [3.05, 3.63) is 28.8 Å². The zero-order valence-corrected chi connectivity index (χ0v) is 10.5. The average Bonchev–Trinajstić information content (AvgIpc) is 2.40. The molecule has 18 heavy (non-hydrogen) atoms. The summed E-state index contributed by atoms with van der Waals surface area (Å²) >= 11 is 5.90. The van der Waals surface area contributed by atoms with Gasteiger partial charge in [0.1, 0.15) is 5.75 Å². The summed E-state index contributed by atoms with van der Waals surface area (Å²) in [5, 5.41) is 15.6. The monoisotopic (exact) mass is 270 g/mol. The fourth-order valence-corrected chi connectivity index (χ4v) is 1.95. The molecule has 1 atom stereocenters. The van der Waals surface area contributed by atoms with Gasteiger partial charge in [0.05, 0.1) is 23.8 Å². The lowest BCUT2D eigenvalue weighted by molar-refractivity contribution is 0.0734. The van der Waals surface area contributed by atoms with E-state index in [1.165, 1.54) is 18.2 Å². The summed E-state index contributed by atoms with van der Waals surface area (Å²) in [6, 6.07) is 4.39. The van der Waals surface area contributed by atoms with Crippen LogP contribution in [0.1, 0.15) is 10.4 Å². The summed E-state index contributed by atoms with van der Waals surface area (Å²) in [5.74, 6) is -0.285. The molecule has 0 aliphatic carbocycles. The van der Waals surface area contributed by atoms with Gasteiger partial charge in [-0.2, -0.15) is 0 Å². The van der Waals surface area contributed by atoms with E-state index in [1.54, 1.807) is 0 Å². The van der Waals surface area contributed by atoms with Crippen molar-refractivity contribution in [1.82, 2.24) is 10.6 Å². The molecule has 1 unspecified atom stereocenters. The van der Waals surface area contributed by atoms with Gasteiger partial charge >= 0.3 is 0 Å². The van der Waals surface area contributed by atoms with Gasteiger partial charge in [0.15, 0.2) is 0 Å². The van der Waals surface area contributed by atoms with Gasteiger partial charge in [-0.25, -0.2) is 0 Å². The van der Waals surface area contributed by atoms with Gasteiger partial charge in [0.25, 0.3) is 5.91 Å². The van der Waals surface area contributed by atoms with Crippen LogP contribution in [0, 0.1) is 0 Å². The van der Waals surface area contributed by atoms with Crippen molar-refractivity contribution in [2.24, 2.45) is 0 Å². The summed E-state index contributed by atoms with van der Waals surface area (Å²) in [4.78, 5) is 11.9. The maximum absolute atomic E-state index is 11.9. The Morgan fingerprint density at radius 1 is 1.61 bits per heavy atom. The number of phenolic OH excluding ortho intramolecular Hbond substituents is 1. The number of benzene rings is 1. The summed E-state index contributed by atoms with van der Waals surface area (Å²) in [6.45, 7) is 2.52. The number of rotatable bonds is 3. The van der Waals surface area contributed by atoms with Crippen LogP contribution in [0.2, 0.25) is 5.02 Å². The summed E-state index contributed by atoms with van der Waals surface area (Å²) in [6.07, 6.45) is 0. The largest absolute Gasteiger partial charge is 0.508 e. The van der Waals surface area contributed by atoms with Gasteiger partial charge in [-0.3, -0.25) is 4.79 Å². The Bertz CT molecular complexity index is 433. The maximum Gasteiger partial charge on any atom is 0.252 e. The fourth-order valence-electron chi connectivity index (χ4n) is 1.75. The number of hydrogen-bond acceptors (Lipinski definition) is 4. The van der Waals surface area contributed by atoms with E-state index >= 15 is 0 Å². The number of ether oxygens (including phenoxy) is 1. The number of aromatic hydroxyl groups is 1. The minimum absolute atomic E-state index is 0.0173. The Balaban J connectivity index is 1.92. The van der Waals surface area contributed by atoms with E-state index in [4.69, 9.17) is 16.3 Å². The van der Waals surface area contributed by atoms with Crippen LogP contribution in [0.25, 0.3) is 0 Å². The van der Waals surface area contributed by atoms with Crippen molar-refractivity contribution < 1.29 is 14.6 Å². The van der Waals surface area contributed by atoms with Gasteiger partial charge in [0.2, 0.25) is 0 Å². The third-order valence-corrected chi connectivity index (χ3v) is 3.03. The van der Waals surface area contributed by atoms with E-state index in [2.05, 4.69) is 10.6 Å². The molecule has 0 aromatic heterocycles. The Morgan fingerprint density at radius 2 is 2.44 bits per heavy atom. The highest BCUT2D eigenvalue weighted by atomic mass is 35.5. The third kappa shape index (κ3) is 3.35. The predicted octanol–water partition coefficient (Wildman–Crippen LogP) is 0.764. The van der Waals surface area contributed by atoms with Crippen molar-refractivity contribution in [3.63, 3.8) is 0 Å². The summed E-state index contributed by atoms with van der Waals surface area (Å²) < 4.78 is 5.28. The SMILES string of the molecule is O=C(NCC1COCCN1)c1cc(O)ccc1Cl. The molecular formula is C12H15ClN2O3. The van der Waals surface area contributed by atoms with Crippen LogP contribution >= 0.6 is 11.6 Å². The van der Waals surface area contributed by atoms with Crippen LogP contribution in [-0.4, -0.2) is 43.4 Å². The van der Waals surface area contributed by atoms with E-state index in [0.717, 1.165) is 6.54 Å². The van der Waals surface area contributed by atoms with Gasteiger partial charge in [-0.15, -0.1) is 0 Å². The molecule has 1 fully saturated rings. The number of carbonyl (C=O) groups is 1. The van der Waals surface area contributed by atoms with E-state index in [1.807, 2.05) is 0 Å². The molecule has 98 valence electrons. The van der Waals surface area contributed by atoms with Crippen molar-refractivity contribution >= 4 is 17.5 Å². The number of halogens is 1. The van der Waals surface area contributed by atoms with Crippen LogP contribution < -0.4 is 10.6 Å². The molecule has 2 rings (SSSR count). The molecule has 3 N–H and O–H groups in total. The molecule has 1 saturated heterocycles.